The van der Waals surface area contributed by atoms with Crippen LogP contribution in [0, 0.1) is 6.92 Å². The lowest BCUT2D eigenvalue weighted by Crippen LogP contribution is -2.50. The van der Waals surface area contributed by atoms with Gasteiger partial charge in [-0.2, -0.15) is 8.78 Å². The van der Waals surface area contributed by atoms with Crippen LogP contribution in [0.3, 0.4) is 0 Å². The molecule has 1 aliphatic heterocycles. The fraction of sp³-hybridized carbons (Fsp3) is 0.389. The van der Waals surface area contributed by atoms with E-state index in [4.69, 9.17) is 4.52 Å². The number of hydrogen-bond donors (Lipinski definition) is 1. The minimum atomic E-state index is -2.90. The van der Waals surface area contributed by atoms with Crippen molar-refractivity contribution in [1.82, 2.24) is 15.0 Å². The van der Waals surface area contributed by atoms with Crippen molar-refractivity contribution in [3.8, 4) is 5.75 Å². The number of nitrogens with one attached hydrogen (secondary N) is 1. The van der Waals surface area contributed by atoms with Gasteiger partial charge in [-0.1, -0.05) is 5.16 Å². The van der Waals surface area contributed by atoms with Crippen LogP contribution in [0.2, 0.25) is 0 Å². The number of aromatic nitrogens is 1. The summed E-state index contributed by atoms with van der Waals surface area (Å²) in [5.41, 5.74) is 0.397. The van der Waals surface area contributed by atoms with E-state index in [2.05, 4.69) is 15.2 Å². The van der Waals surface area contributed by atoms with Crippen LogP contribution in [0.5, 0.6) is 5.75 Å². The molecule has 0 atom stereocenters. The molecule has 3 rings (SSSR count). The molecule has 0 unspecified atom stereocenters. The Labute approximate surface area is 160 Å². The Balaban J connectivity index is 1.46. The minimum absolute atomic E-state index is 0.00434. The van der Waals surface area contributed by atoms with Crippen LogP contribution < -0.4 is 10.1 Å². The van der Waals surface area contributed by atoms with Crippen molar-refractivity contribution >= 4 is 17.6 Å². The molecule has 150 valence electrons. The zero-order chi connectivity index (χ0) is 20.1. The molecule has 0 aliphatic carbocycles. The molecule has 2 amide bonds. The van der Waals surface area contributed by atoms with Gasteiger partial charge < -0.3 is 19.5 Å². The first-order chi connectivity index (χ1) is 13.4. The van der Waals surface area contributed by atoms with Gasteiger partial charge in [-0.15, -0.1) is 0 Å². The molecule has 1 aromatic carbocycles. The van der Waals surface area contributed by atoms with E-state index in [0.717, 1.165) is 0 Å². The predicted octanol–water partition coefficient (Wildman–Crippen LogP) is 1.98. The number of halogens is 2. The van der Waals surface area contributed by atoms with Crippen molar-refractivity contribution in [3.63, 3.8) is 0 Å². The van der Waals surface area contributed by atoms with E-state index in [1.165, 1.54) is 24.3 Å². The number of hydrogen-bond acceptors (Lipinski definition) is 6. The van der Waals surface area contributed by atoms with Crippen LogP contribution in [0.1, 0.15) is 16.1 Å². The number of rotatable bonds is 6. The Kier molecular flexibility index (Phi) is 6.19. The molecule has 0 radical (unpaired) electrons. The van der Waals surface area contributed by atoms with E-state index in [1.807, 2.05) is 4.90 Å². The average Bonchev–Trinajstić information content (AvgIpc) is 3.06. The lowest BCUT2D eigenvalue weighted by molar-refractivity contribution is -0.117. The van der Waals surface area contributed by atoms with Crippen LogP contribution in [0.4, 0.5) is 14.6 Å². The summed E-state index contributed by atoms with van der Waals surface area (Å²) < 4.78 is 33.5. The number of aryl methyl sites for hydroxylation is 1. The van der Waals surface area contributed by atoms with Gasteiger partial charge in [-0.3, -0.25) is 14.5 Å². The molecule has 2 heterocycles. The topological polar surface area (TPSA) is 87.9 Å². The van der Waals surface area contributed by atoms with Gasteiger partial charge in [0.05, 0.1) is 6.54 Å². The molecule has 1 saturated heterocycles. The summed E-state index contributed by atoms with van der Waals surface area (Å²) >= 11 is 0. The number of piperazine rings is 1. The van der Waals surface area contributed by atoms with Gasteiger partial charge in [0.15, 0.2) is 5.82 Å². The summed E-state index contributed by atoms with van der Waals surface area (Å²) in [4.78, 5) is 28.2. The maximum Gasteiger partial charge on any atom is 0.387 e. The van der Waals surface area contributed by atoms with Crippen molar-refractivity contribution < 1.29 is 27.6 Å². The first-order valence-electron chi connectivity index (χ1n) is 8.70. The Bertz CT molecular complexity index is 817. The van der Waals surface area contributed by atoms with Gasteiger partial charge in [0.1, 0.15) is 11.5 Å². The largest absolute Gasteiger partial charge is 0.435 e. The molecule has 1 N–H and O–H groups in total. The molecule has 28 heavy (non-hydrogen) atoms. The number of carbonyl (C=O) groups is 2. The molecule has 8 nitrogen and oxygen atoms in total. The summed E-state index contributed by atoms with van der Waals surface area (Å²) in [5, 5.41) is 6.37. The fourth-order valence-corrected chi connectivity index (χ4v) is 2.88. The third kappa shape index (κ3) is 5.26. The maximum atomic E-state index is 12.5. The summed E-state index contributed by atoms with van der Waals surface area (Å²) in [7, 11) is 0. The molecule has 1 aliphatic rings. The second-order valence-corrected chi connectivity index (χ2v) is 6.34. The molecule has 0 saturated carbocycles. The number of carbonyl (C=O) groups excluding carboxylic acids is 2. The van der Waals surface area contributed by atoms with Crippen LogP contribution in [-0.4, -0.2) is 66.1 Å². The van der Waals surface area contributed by atoms with E-state index in [0.29, 0.717) is 43.3 Å². The summed E-state index contributed by atoms with van der Waals surface area (Å²) in [5.74, 6) is 0.588. The second kappa shape index (κ2) is 8.79. The average molecular weight is 394 g/mol. The van der Waals surface area contributed by atoms with Gasteiger partial charge in [0.2, 0.25) is 5.91 Å². The normalized spacial score (nSPS) is 14.9. The van der Waals surface area contributed by atoms with E-state index in [-0.39, 0.29) is 24.1 Å². The Morgan fingerprint density at radius 2 is 1.89 bits per heavy atom. The highest BCUT2D eigenvalue weighted by molar-refractivity contribution is 5.94. The molecule has 0 bridgehead atoms. The summed E-state index contributed by atoms with van der Waals surface area (Å²) in [6.07, 6.45) is 0. The number of ether oxygens (including phenoxy) is 1. The SMILES string of the molecule is Cc1cc(NC(=O)CN2CCN(C(=O)c3ccc(OC(F)F)cc3)CC2)no1. The third-order valence-corrected chi connectivity index (χ3v) is 4.25. The van der Waals surface area contributed by atoms with Crippen LogP contribution in [-0.2, 0) is 4.79 Å². The second-order valence-electron chi connectivity index (χ2n) is 6.34. The van der Waals surface area contributed by atoms with Gasteiger partial charge in [-0.25, -0.2) is 0 Å². The van der Waals surface area contributed by atoms with Crippen LogP contribution in [0.15, 0.2) is 34.9 Å². The van der Waals surface area contributed by atoms with Crippen molar-refractivity contribution in [2.75, 3.05) is 38.0 Å². The molecule has 1 aromatic heterocycles. The lowest BCUT2D eigenvalue weighted by atomic mass is 10.1. The highest BCUT2D eigenvalue weighted by Gasteiger charge is 2.23. The van der Waals surface area contributed by atoms with E-state index in [1.54, 1.807) is 17.9 Å². The smallest absolute Gasteiger partial charge is 0.387 e. The standard InChI is InChI=1S/C18H20F2N4O4/c1-12-10-15(22-28-12)21-16(25)11-23-6-8-24(9-7-23)17(26)13-2-4-14(5-3-13)27-18(19)20/h2-5,10,18H,6-9,11H2,1H3,(H,21,22,25). The number of alkyl halides is 2. The first kappa shape index (κ1) is 19.7. The molecule has 1 fully saturated rings. The van der Waals surface area contributed by atoms with Crippen molar-refractivity contribution in [2.24, 2.45) is 0 Å². The van der Waals surface area contributed by atoms with E-state index >= 15 is 0 Å². The molecule has 2 aromatic rings. The summed E-state index contributed by atoms with van der Waals surface area (Å²) in [6.45, 7) is 1.04. The van der Waals surface area contributed by atoms with Crippen molar-refractivity contribution in [2.45, 2.75) is 13.5 Å². The third-order valence-electron chi connectivity index (χ3n) is 4.25. The van der Waals surface area contributed by atoms with Crippen molar-refractivity contribution in [1.29, 1.82) is 0 Å². The lowest BCUT2D eigenvalue weighted by Gasteiger charge is -2.34. The Hall–Kier alpha value is -3.01. The van der Waals surface area contributed by atoms with Gasteiger partial charge >= 0.3 is 6.61 Å². The summed E-state index contributed by atoms with van der Waals surface area (Å²) in [6, 6.07) is 7.23. The number of anilines is 1. The van der Waals surface area contributed by atoms with Gasteiger partial charge in [0, 0.05) is 37.8 Å². The quantitative estimate of drug-likeness (QED) is 0.806. The van der Waals surface area contributed by atoms with Gasteiger partial charge in [-0.05, 0) is 31.2 Å². The highest BCUT2D eigenvalue weighted by atomic mass is 19.3. The monoisotopic (exact) mass is 394 g/mol. The maximum absolute atomic E-state index is 12.5. The van der Waals surface area contributed by atoms with Gasteiger partial charge in [0.25, 0.3) is 5.91 Å². The zero-order valence-corrected chi connectivity index (χ0v) is 15.2. The highest BCUT2D eigenvalue weighted by Crippen LogP contribution is 2.17. The van der Waals surface area contributed by atoms with Crippen LogP contribution in [0.25, 0.3) is 0 Å². The Morgan fingerprint density at radius 1 is 1.21 bits per heavy atom. The molecule has 0 spiro atoms. The molecule has 10 heteroatoms. The number of amides is 2. The number of nitrogens with zero attached hydrogens (tertiary/aromatic N) is 3. The zero-order valence-electron chi connectivity index (χ0n) is 15.2. The minimum Gasteiger partial charge on any atom is -0.435 e. The fourth-order valence-electron chi connectivity index (χ4n) is 2.88. The Morgan fingerprint density at radius 3 is 2.46 bits per heavy atom. The van der Waals surface area contributed by atoms with Crippen LogP contribution >= 0.6 is 0 Å². The molecular formula is C18H20F2N4O4. The first-order valence-corrected chi connectivity index (χ1v) is 8.70. The molecular weight excluding hydrogens is 374 g/mol. The van der Waals surface area contributed by atoms with E-state index < -0.39 is 6.61 Å². The predicted molar refractivity (Wildman–Crippen MR) is 95.3 cm³/mol. The number of benzene rings is 1. The van der Waals surface area contributed by atoms with E-state index in [9.17, 15) is 18.4 Å². The van der Waals surface area contributed by atoms with Crippen molar-refractivity contribution in [3.05, 3.63) is 41.7 Å².